The van der Waals surface area contributed by atoms with Gasteiger partial charge in [-0.05, 0) is 36.1 Å². The Bertz CT molecular complexity index is 1080. The second kappa shape index (κ2) is 10.5. The van der Waals surface area contributed by atoms with Crippen LogP contribution < -0.4 is 11.1 Å². The summed E-state index contributed by atoms with van der Waals surface area (Å²) >= 11 is 0. The van der Waals surface area contributed by atoms with E-state index < -0.39 is 41.6 Å². The number of ether oxygens (including phenoxy) is 1. The van der Waals surface area contributed by atoms with Gasteiger partial charge in [0.1, 0.15) is 30.3 Å². The lowest BCUT2D eigenvalue weighted by Crippen LogP contribution is -2.49. The second-order valence-electron chi connectivity index (χ2n) is 7.59. The fourth-order valence-electron chi connectivity index (χ4n) is 3.59. The molecule has 2 aromatic carbocycles. The van der Waals surface area contributed by atoms with Crippen molar-refractivity contribution in [1.82, 2.24) is 10.2 Å². The van der Waals surface area contributed by atoms with Crippen LogP contribution in [-0.4, -0.2) is 41.4 Å². The Morgan fingerprint density at radius 3 is 2.58 bits per heavy atom. The summed E-state index contributed by atoms with van der Waals surface area (Å²) in [4.78, 5) is 37.3. The quantitative estimate of drug-likeness (QED) is 0.663. The lowest BCUT2D eigenvalue weighted by atomic mass is 10.0. The summed E-state index contributed by atoms with van der Waals surface area (Å²) in [6, 6.07) is 9.80. The minimum atomic E-state index is -1.07. The van der Waals surface area contributed by atoms with Gasteiger partial charge >= 0.3 is 6.09 Å². The lowest BCUT2D eigenvalue weighted by molar-refractivity contribution is -0.125. The molecule has 2 atom stereocenters. The molecule has 1 saturated heterocycles. The minimum absolute atomic E-state index is 0.0711. The third kappa shape index (κ3) is 6.04. The molecule has 0 radical (unpaired) electrons. The molecule has 8 nitrogen and oxygen atoms in total. The molecule has 1 fully saturated rings. The summed E-state index contributed by atoms with van der Waals surface area (Å²) in [6.07, 6.45) is -0.0344. The van der Waals surface area contributed by atoms with Gasteiger partial charge in [-0.3, -0.25) is 14.5 Å². The van der Waals surface area contributed by atoms with Crippen molar-refractivity contribution in [2.75, 3.05) is 6.54 Å². The molecule has 0 aromatic heterocycles. The highest BCUT2D eigenvalue weighted by atomic mass is 19.1. The molecule has 33 heavy (non-hydrogen) atoms. The van der Waals surface area contributed by atoms with Crippen molar-refractivity contribution in [3.05, 3.63) is 59.7 Å². The van der Waals surface area contributed by atoms with E-state index in [1.165, 1.54) is 17.0 Å². The maximum atomic E-state index is 13.9. The molecular formula is C23H22F2N4O4. The van der Waals surface area contributed by atoms with Crippen LogP contribution in [0.5, 0.6) is 0 Å². The molecule has 3 rings (SSSR count). The van der Waals surface area contributed by atoms with Crippen molar-refractivity contribution >= 4 is 17.9 Å². The van der Waals surface area contributed by atoms with Crippen LogP contribution in [-0.2, 0) is 20.9 Å². The zero-order chi connectivity index (χ0) is 24.0. The molecule has 0 saturated carbocycles. The molecule has 0 spiro atoms. The van der Waals surface area contributed by atoms with Crippen LogP contribution in [0.3, 0.4) is 0 Å². The zero-order valence-corrected chi connectivity index (χ0v) is 17.6. The number of nitrogens with two attached hydrogens (primary N) is 1. The molecule has 10 heteroatoms. The molecule has 2 aromatic rings. The van der Waals surface area contributed by atoms with E-state index in [1.54, 1.807) is 30.3 Å². The molecule has 0 aliphatic carbocycles. The van der Waals surface area contributed by atoms with Gasteiger partial charge in [0.2, 0.25) is 11.8 Å². The van der Waals surface area contributed by atoms with E-state index in [9.17, 15) is 23.2 Å². The van der Waals surface area contributed by atoms with Gasteiger partial charge in [0.15, 0.2) is 0 Å². The number of nitrogens with one attached hydrogen (secondary N) is 1. The van der Waals surface area contributed by atoms with Gasteiger partial charge in [0.05, 0.1) is 12.5 Å². The van der Waals surface area contributed by atoms with Crippen LogP contribution in [0.1, 0.15) is 24.8 Å². The number of nitrogens with zero attached hydrogens (tertiary/aromatic N) is 2. The average molecular weight is 456 g/mol. The lowest BCUT2D eigenvalue weighted by Gasteiger charge is -2.24. The number of amides is 3. The maximum Gasteiger partial charge on any atom is 0.410 e. The fourth-order valence-corrected chi connectivity index (χ4v) is 3.59. The van der Waals surface area contributed by atoms with E-state index in [2.05, 4.69) is 5.32 Å². The van der Waals surface area contributed by atoms with Crippen LogP contribution in [0.15, 0.2) is 42.5 Å². The summed E-state index contributed by atoms with van der Waals surface area (Å²) in [5.41, 5.74) is 6.50. The van der Waals surface area contributed by atoms with Gasteiger partial charge < -0.3 is 15.8 Å². The topological polar surface area (TPSA) is 126 Å². The number of carbonyl (C=O) groups is 3. The number of rotatable bonds is 7. The molecule has 1 heterocycles. The SMILES string of the molecule is N#C[C@H](CC(N)=O)NC(=O)[C@@H]1CCCN1C(=O)OCc1ccc(-c2ccc(F)cc2F)cc1. The highest BCUT2D eigenvalue weighted by Gasteiger charge is 2.36. The second-order valence-corrected chi connectivity index (χ2v) is 7.59. The number of halogens is 2. The van der Waals surface area contributed by atoms with Crippen LogP contribution in [0.25, 0.3) is 11.1 Å². The molecule has 172 valence electrons. The van der Waals surface area contributed by atoms with Gasteiger partial charge in [0, 0.05) is 18.2 Å². The van der Waals surface area contributed by atoms with Crippen molar-refractivity contribution in [1.29, 1.82) is 5.26 Å². The van der Waals surface area contributed by atoms with Crippen LogP contribution in [0, 0.1) is 23.0 Å². The molecule has 0 bridgehead atoms. The Labute approximate surface area is 188 Å². The Balaban J connectivity index is 1.57. The van der Waals surface area contributed by atoms with Crippen molar-refractivity contribution in [3.8, 4) is 17.2 Å². The maximum absolute atomic E-state index is 13.9. The van der Waals surface area contributed by atoms with E-state index in [1.807, 2.05) is 0 Å². The molecule has 0 unspecified atom stereocenters. The summed E-state index contributed by atoms with van der Waals surface area (Å²) in [5.74, 6) is -2.62. The largest absolute Gasteiger partial charge is 0.445 e. The Morgan fingerprint density at radius 1 is 1.21 bits per heavy atom. The molecule has 3 amide bonds. The summed E-state index contributed by atoms with van der Waals surface area (Å²) in [6.45, 7) is 0.241. The van der Waals surface area contributed by atoms with E-state index in [-0.39, 0.29) is 18.6 Å². The van der Waals surface area contributed by atoms with Crippen molar-refractivity contribution in [2.45, 2.75) is 38.0 Å². The number of primary amides is 1. The predicted molar refractivity (Wildman–Crippen MR) is 113 cm³/mol. The van der Waals surface area contributed by atoms with E-state index in [0.29, 0.717) is 30.5 Å². The van der Waals surface area contributed by atoms with Crippen LogP contribution in [0.2, 0.25) is 0 Å². The first-order valence-electron chi connectivity index (χ1n) is 10.2. The Morgan fingerprint density at radius 2 is 1.94 bits per heavy atom. The number of nitriles is 1. The van der Waals surface area contributed by atoms with Crippen LogP contribution in [0.4, 0.5) is 13.6 Å². The first kappa shape index (κ1) is 23.7. The third-order valence-electron chi connectivity index (χ3n) is 5.23. The van der Waals surface area contributed by atoms with E-state index in [0.717, 1.165) is 6.07 Å². The zero-order valence-electron chi connectivity index (χ0n) is 17.6. The average Bonchev–Trinajstić information content (AvgIpc) is 3.27. The van der Waals surface area contributed by atoms with E-state index in [4.69, 9.17) is 15.7 Å². The fraction of sp³-hybridized carbons (Fsp3) is 0.304. The molecule has 1 aliphatic heterocycles. The van der Waals surface area contributed by atoms with Crippen molar-refractivity contribution < 1.29 is 27.9 Å². The van der Waals surface area contributed by atoms with Crippen molar-refractivity contribution in [2.24, 2.45) is 5.73 Å². The van der Waals surface area contributed by atoms with Crippen molar-refractivity contribution in [3.63, 3.8) is 0 Å². The number of likely N-dealkylation sites (tertiary alicyclic amines) is 1. The number of hydrogen-bond acceptors (Lipinski definition) is 5. The van der Waals surface area contributed by atoms with Gasteiger partial charge in [-0.1, -0.05) is 24.3 Å². The van der Waals surface area contributed by atoms with Crippen LogP contribution >= 0.6 is 0 Å². The highest BCUT2D eigenvalue weighted by Crippen LogP contribution is 2.24. The monoisotopic (exact) mass is 456 g/mol. The number of carbonyl (C=O) groups excluding carboxylic acids is 3. The standard InChI is InChI=1S/C23H22F2N4O4/c24-16-7-8-18(19(25)10-16)15-5-3-14(4-6-15)13-33-23(32)29-9-1-2-20(29)22(31)28-17(12-26)11-21(27)30/h3-8,10,17,20H,1-2,9,11,13H2,(H2,27,30)(H,28,31)/t17-,20-/m0/s1. The minimum Gasteiger partial charge on any atom is -0.445 e. The molecule has 1 aliphatic rings. The molecule has 3 N–H and O–H groups in total. The van der Waals surface area contributed by atoms with E-state index >= 15 is 0 Å². The number of benzene rings is 2. The normalized spacial score (nSPS) is 16.0. The molecular weight excluding hydrogens is 434 g/mol. The smallest absolute Gasteiger partial charge is 0.410 e. The number of hydrogen-bond donors (Lipinski definition) is 2. The van der Waals surface area contributed by atoms with Gasteiger partial charge in [-0.25, -0.2) is 13.6 Å². The summed E-state index contributed by atoms with van der Waals surface area (Å²) < 4.78 is 32.3. The summed E-state index contributed by atoms with van der Waals surface area (Å²) in [7, 11) is 0. The predicted octanol–water partition coefficient (Wildman–Crippen LogP) is 2.62. The highest BCUT2D eigenvalue weighted by molar-refractivity contribution is 5.87. The Hall–Kier alpha value is -4.00. The van der Waals surface area contributed by atoms with Gasteiger partial charge in [-0.15, -0.1) is 0 Å². The first-order valence-corrected chi connectivity index (χ1v) is 10.2. The van der Waals surface area contributed by atoms with Gasteiger partial charge in [-0.2, -0.15) is 5.26 Å². The first-order chi connectivity index (χ1) is 15.8. The third-order valence-corrected chi connectivity index (χ3v) is 5.23. The summed E-state index contributed by atoms with van der Waals surface area (Å²) in [5, 5.41) is 11.5. The van der Waals surface area contributed by atoms with Gasteiger partial charge in [0.25, 0.3) is 0 Å². The Kier molecular flexibility index (Phi) is 7.56.